The van der Waals surface area contributed by atoms with Crippen molar-refractivity contribution in [1.29, 1.82) is 0 Å². The molecule has 0 N–H and O–H groups in total. The highest BCUT2D eigenvalue weighted by Gasteiger charge is 2.19. The number of carbonyl (C=O) groups excluding carboxylic acids is 1. The van der Waals surface area contributed by atoms with Crippen LogP contribution in [0.4, 0.5) is 0 Å². The lowest BCUT2D eigenvalue weighted by atomic mass is 9.98. The van der Waals surface area contributed by atoms with Crippen LogP contribution in [0.5, 0.6) is 0 Å². The summed E-state index contributed by atoms with van der Waals surface area (Å²) in [5.74, 6) is 0.419. The summed E-state index contributed by atoms with van der Waals surface area (Å²) in [4.78, 5) is 11.7. The second-order valence-corrected chi connectivity index (χ2v) is 4.64. The zero-order valence-electron chi connectivity index (χ0n) is 11.1. The van der Waals surface area contributed by atoms with Crippen molar-refractivity contribution < 1.29 is 14.3 Å². The van der Waals surface area contributed by atoms with E-state index in [1.165, 1.54) is 0 Å². The van der Waals surface area contributed by atoms with E-state index >= 15 is 0 Å². The SMILES string of the molecule is CCCCOC(=O)C(CCC(C)C)COC. The standard InChI is InChI=1S/C13H26O3/c1-5-6-9-16-13(14)12(10-15-4)8-7-11(2)3/h11-12H,5-10H2,1-4H3. The van der Waals surface area contributed by atoms with E-state index in [9.17, 15) is 4.79 Å². The topological polar surface area (TPSA) is 35.5 Å². The number of rotatable bonds is 9. The van der Waals surface area contributed by atoms with Gasteiger partial charge in [-0.15, -0.1) is 0 Å². The summed E-state index contributed by atoms with van der Waals surface area (Å²) in [6.07, 6.45) is 3.89. The Morgan fingerprint density at radius 2 is 1.94 bits per heavy atom. The van der Waals surface area contributed by atoms with Gasteiger partial charge in [0.15, 0.2) is 0 Å². The average Bonchev–Trinajstić information content (AvgIpc) is 2.24. The van der Waals surface area contributed by atoms with Gasteiger partial charge < -0.3 is 9.47 Å². The predicted octanol–water partition coefficient (Wildman–Crippen LogP) is 3.03. The molecule has 0 aromatic carbocycles. The van der Waals surface area contributed by atoms with Gasteiger partial charge in [-0.3, -0.25) is 4.79 Å². The Hall–Kier alpha value is -0.570. The minimum absolute atomic E-state index is 0.0933. The smallest absolute Gasteiger partial charge is 0.311 e. The second kappa shape index (κ2) is 9.64. The molecule has 0 saturated heterocycles. The van der Waals surface area contributed by atoms with Crippen molar-refractivity contribution >= 4 is 5.97 Å². The summed E-state index contributed by atoms with van der Waals surface area (Å²) in [7, 11) is 1.63. The van der Waals surface area contributed by atoms with Gasteiger partial charge in [-0.1, -0.05) is 33.6 Å². The molecule has 0 rings (SSSR count). The maximum Gasteiger partial charge on any atom is 0.311 e. The molecule has 0 fully saturated rings. The van der Waals surface area contributed by atoms with Crippen molar-refractivity contribution in [2.24, 2.45) is 11.8 Å². The molecule has 0 spiro atoms. The van der Waals surface area contributed by atoms with Crippen molar-refractivity contribution in [1.82, 2.24) is 0 Å². The first kappa shape index (κ1) is 15.4. The summed E-state index contributed by atoms with van der Waals surface area (Å²) in [6.45, 7) is 7.41. The summed E-state index contributed by atoms with van der Waals surface area (Å²) < 4.78 is 10.3. The van der Waals surface area contributed by atoms with E-state index in [0.29, 0.717) is 19.1 Å². The third-order valence-corrected chi connectivity index (χ3v) is 2.54. The summed E-state index contributed by atoms with van der Waals surface area (Å²) in [5.41, 5.74) is 0. The van der Waals surface area contributed by atoms with Crippen molar-refractivity contribution in [3.63, 3.8) is 0 Å². The van der Waals surface area contributed by atoms with Crippen LogP contribution in [0.3, 0.4) is 0 Å². The van der Waals surface area contributed by atoms with Gasteiger partial charge in [-0.25, -0.2) is 0 Å². The molecule has 0 heterocycles. The monoisotopic (exact) mass is 230 g/mol. The molecule has 0 aliphatic heterocycles. The quantitative estimate of drug-likeness (QED) is 0.451. The highest BCUT2D eigenvalue weighted by atomic mass is 16.5. The molecule has 0 amide bonds. The second-order valence-electron chi connectivity index (χ2n) is 4.64. The minimum atomic E-state index is -0.101. The zero-order valence-corrected chi connectivity index (χ0v) is 11.1. The molecule has 3 heteroatoms. The predicted molar refractivity (Wildman–Crippen MR) is 65.3 cm³/mol. The van der Waals surface area contributed by atoms with Crippen LogP contribution in [0.15, 0.2) is 0 Å². The van der Waals surface area contributed by atoms with E-state index in [1.807, 2.05) is 0 Å². The third kappa shape index (κ3) is 7.69. The van der Waals surface area contributed by atoms with Crippen LogP contribution in [-0.2, 0) is 14.3 Å². The summed E-state index contributed by atoms with van der Waals surface area (Å²) >= 11 is 0. The molecule has 0 aromatic heterocycles. The lowest BCUT2D eigenvalue weighted by Crippen LogP contribution is -2.23. The molecule has 3 nitrogen and oxygen atoms in total. The van der Waals surface area contributed by atoms with Gasteiger partial charge in [-0.05, 0) is 18.8 Å². The van der Waals surface area contributed by atoms with Crippen LogP contribution in [0, 0.1) is 11.8 Å². The van der Waals surface area contributed by atoms with E-state index in [1.54, 1.807) is 7.11 Å². The molecule has 0 aliphatic rings. The van der Waals surface area contributed by atoms with Crippen LogP contribution in [0.2, 0.25) is 0 Å². The van der Waals surface area contributed by atoms with E-state index in [0.717, 1.165) is 25.7 Å². The first-order valence-corrected chi connectivity index (χ1v) is 6.27. The van der Waals surface area contributed by atoms with E-state index in [2.05, 4.69) is 20.8 Å². The number of unbranched alkanes of at least 4 members (excludes halogenated alkanes) is 1. The summed E-state index contributed by atoms with van der Waals surface area (Å²) in [5, 5.41) is 0. The Balaban J connectivity index is 3.92. The van der Waals surface area contributed by atoms with Crippen LogP contribution in [0.1, 0.15) is 46.5 Å². The molecular formula is C13H26O3. The van der Waals surface area contributed by atoms with Gasteiger partial charge >= 0.3 is 5.97 Å². The van der Waals surface area contributed by atoms with Gasteiger partial charge in [0.05, 0.1) is 19.1 Å². The molecule has 0 bridgehead atoms. The number of esters is 1. The molecule has 0 radical (unpaired) electrons. The Morgan fingerprint density at radius 1 is 1.25 bits per heavy atom. The number of hydrogen-bond acceptors (Lipinski definition) is 3. The molecular weight excluding hydrogens is 204 g/mol. The van der Waals surface area contributed by atoms with Gasteiger partial charge in [0.2, 0.25) is 0 Å². The molecule has 16 heavy (non-hydrogen) atoms. The lowest BCUT2D eigenvalue weighted by molar-refractivity contribution is -0.150. The maximum atomic E-state index is 11.7. The Morgan fingerprint density at radius 3 is 2.44 bits per heavy atom. The minimum Gasteiger partial charge on any atom is -0.465 e. The van der Waals surface area contributed by atoms with Crippen LogP contribution >= 0.6 is 0 Å². The number of hydrogen-bond donors (Lipinski definition) is 0. The molecule has 0 saturated carbocycles. The lowest BCUT2D eigenvalue weighted by Gasteiger charge is -2.16. The molecule has 1 atom stereocenters. The van der Waals surface area contributed by atoms with Crippen molar-refractivity contribution in [3.8, 4) is 0 Å². The van der Waals surface area contributed by atoms with Gasteiger partial charge in [0.25, 0.3) is 0 Å². The first-order valence-electron chi connectivity index (χ1n) is 6.27. The Bertz CT molecular complexity index is 178. The largest absolute Gasteiger partial charge is 0.465 e. The fourth-order valence-corrected chi connectivity index (χ4v) is 1.44. The number of ether oxygens (including phenoxy) is 2. The molecule has 0 aliphatic carbocycles. The van der Waals surface area contributed by atoms with E-state index in [-0.39, 0.29) is 11.9 Å². The van der Waals surface area contributed by atoms with Crippen molar-refractivity contribution in [3.05, 3.63) is 0 Å². The van der Waals surface area contributed by atoms with Crippen molar-refractivity contribution in [2.45, 2.75) is 46.5 Å². The van der Waals surface area contributed by atoms with Gasteiger partial charge in [0.1, 0.15) is 0 Å². The third-order valence-electron chi connectivity index (χ3n) is 2.54. The Kier molecular flexibility index (Phi) is 9.30. The highest BCUT2D eigenvalue weighted by molar-refractivity contribution is 5.72. The number of carbonyl (C=O) groups is 1. The fourth-order valence-electron chi connectivity index (χ4n) is 1.44. The zero-order chi connectivity index (χ0) is 12.4. The Labute approximate surface area is 99.5 Å². The average molecular weight is 230 g/mol. The summed E-state index contributed by atoms with van der Waals surface area (Å²) in [6, 6.07) is 0. The fraction of sp³-hybridized carbons (Fsp3) is 0.923. The van der Waals surface area contributed by atoms with Crippen LogP contribution in [0.25, 0.3) is 0 Å². The van der Waals surface area contributed by atoms with Gasteiger partial charge in [-0.2, -0.15) is 0 Å². The first-order chi connectivity index (χ1) is 7.61. The molecule has 96 valence electrons. The number of methoxy groups -OCH3 is 1. The van der Waals surface area contributed by atoms with Crippen LogP contribution in [-0.4, -0.2) is 26.3 Å². The van der Waals surface area contributed by atoms with E-state index < -0.39 is 0 Å². The molecule has 1 unspecified atom stereocenters. The van der Waals surface area contributed by atoms with Gasteiger partial charge in [0, 0.05) is 7.11 Å². The van der Waals surface area contributed by atoms with E-state index in [4.69, 9.17) is 9.47 Å². The van der Waals surface area contributed by atoms with Crippen LogP contribution < -0.4 is 0 Å². The normalized spacial score (nSPS) is 12.8. The maximum absolute atomic E-state index is 11.7. The highest BCUT2D eigenvalue weighted by Crippen LogP contribution is 2.14. The molecule has 0 aromatic rings. The van der Waals surface area contributed by atoms with Crippen molar-refractivity contribution in [2.75, 3.05) is 20.3 Å².